The van der Waals surface area contributed by atoms with Gasteiger partial charge in [-0.15, -0.1) is 0 Å². The third-order valence-electron chi connectivity index (χ3n) is 3.54. The zero-order valence-electron chi connectivity index (χ0n) is 11.6. The van der Waals surface area contributed by atoms with Crippen LogP contribution in [0.3, 0.4) is 0 Å². The van der Waals surface area contributed by atoms with E-state index in [9.17, 15) is 0 Å². The van der Waals surface area contributed by atoms with E-state index in [1.807, 2.05) is 24.3 Å². The Bertz CT molecular complexity index is 564. The Balaban J connectivity index is 1.74. The second kappa shape index (κ2) is 5.82. The minimum Gasteiger partial charge on any atom is -0.469 e. The van der Waals surface area contributed by atoms with E-state index in [0.29, 0.717) is 0 Å². The molecule has 1 saturated heterocycles. The molecule has 104 valence electrons. The number of aliphatic imine (C=N–C) groups is 1. The summed E-state index contributed by atoms with van der Waals surface area (Å²) in [7, 11) is 0. The quantitative estimate of drug-likeness (QED) is 0.900. The Labute approximate surface area is 118 Å². The van der Waals surface area contributed by atoms with E-state index in [4.69, 9.17) is 4.42 Å². The predicted octanol–water partition coefficient (Wildman–Crippen LogP) is 3.00. The molecular formula is C16H19N3O. The molecule has 4 heteroatoms. The summed E-state index contributed by atoms with van der Waals surface area (Å²) in [6.07, 6.45) is 2.85. The van der Waals surface area contributed by atoms with Crippen molar-refractivity contribution in [2.24, 2.45) is 4.99 Å². The van der Waals surface area contributed by atoms with Crippen LogP contribution in [0.2, 0.25) is 0 Å². The molecule has 0 aliphatic carbocycles. The highest BCUT2D eigenvalue weighted by atomic mass is 16.3. The number of nitrogens with zero attached hydrogens (tertiary/aromatic N) is 1. The lowest BCUT2D eigenvalue weighted by Gasteiger charge is -2.17. The molecule has 1 aliphatic rings. The Morgan fingerprint density at radius 2 is 1.85 bits per heavy atom. The van der Waals surface area contributed by atoms with Gasteiger partial charge in [0.1, 0.15) is 5.76 Å². The molecule has 4 nitrogen and oxygen atoms in total. The van der Waals surface area contributed by atoms with E-state index in [1.54, 1.807) is 6.26 Å². The normalized spacial score (nSPS) is 16.1. The molecule has 1 atom stereocenters. The fourth-order valence-electron chi connectivity index (χ4n) is 2.31. The summed E-state index contributed by atoms with van der Waals surface area (Å²) >= 11 is 0. The van der Waals surface area contributed by atoms with E-state index in [2.05, 4.69) is 34.7 Å². The lowest BCUT2D eigenvalue weighted by atomic mass is 9.98. The molecule has 1 aromatic carbocycles. The van der Waals surface area contributed by atoms with E-state index in [0.717, 1.165) is 36.9 Å². The maximum Gasteiger partial charge on any atom is 0.196 e. The molecule has 1 unspecified atom stereocenters. The first kappa shape index (κ1) is 12.8. The highest BCUT2D eigenvalue weighted by Crippen LogP contribution is 2.26. The van der Waals surface area contributed by atoms with E-state index < -0.39 is 0 Å². The third-order valence-corrected chi connectivity index (χ3v) is 3.54. The van der Waals surface area contributed by atoms with Crippen LogP contribution in [-0.2, 0) is 0 Å². The highest BCUT2D eigenvalue weighted by molar-refractivity contribution is 5.83. The van der Waals surface area contributed by atoms with Gasteiger partial charge in [0.2, 0.25) is 0 Å². The monoisotopic (exact) mass is 269 g/mol. The van der Waals surface area contributed by atoms with Crippen molar-refractivity contribution in [3.8, 4) is 0 Å². The van der Waals surface area contributed by atoms with Crippen molar-refractivity contribution in [3.63, 3.8) is 0 Å². The summed E-state index contributed by atoms with van der Waals surface area (Å²) in [4.78, 5) is 4.55. The van der Waals surface area contributed by atoms with Crippen molar-refractivity contribution < 1.29 is 4.42 Å². The molecule has 2 aromatic rings. The summed E-state index contributed by atoms with van der Waals surface area (Å²) in [5.41, 5.74) is 2.19. The van der Waals surface area contributed by atoms with Gasteiger partial charge in [-0.25, -0.2) is 4.99 Å². The van der Waals surface area contributed by atoms with Crippen LogP contribution in [0.1, 0.15) is 30.6 Å². The molecular weight excluding hydrogens is 250 g/mol. The van der Waals surface area contributed by atoms with Gasteiger partial charge >= 0.3 is 0 Å². The summed E-state index contributed by atoms with van der Waals surface area (Å²) in [5.74, 6) is 2.11. The second-order valence-electron chi connectivity index (χ2n) is 5.00. The van der Waals surface area contributed by atoms with Crippen molar-refractivity contribution in [1.82, 2.24) is 10.6 Å². The number of nitrogens with one attached hydrogen (secondary N) is 2. The van der Waals surface area contributed by atoms with Gasteiger partial charge in [0.25, 0.3) is 0 Å². The van der Waals surface area contributed by atoms with E-state index in [1.165, 1.54) is 5.56 Å². The van der Waals surface area contributed by atoms with Gasteiger partial charge in [-0.2, -0.15) is 0 Å². The molecule has 1 aliphatic heterocycles. The summed E-state index contributed by atoms with van der Waals surface area (Å²) < 4.78 is 5.45. The molecule has 2 heterocycles. The molecule has 0 spiro atoms. The van der Waals surface area contributed by atoms with Crippen molar-refractivity contribution in [2.75, 3.05) is 13.1 Å². The number of guanidine groups is 1. The maximum atomic E-state index is 5.45. The Hall–Kier alpha value is -2.23. The molecule has 0 amide bonds. The minimum absolute atomic E-state index is 0.262. The molecule has 1 fully saturated rings. The van der Waals surface area contributed by atoms with Crippen LogP contribution in [0.4, 0.5) is 5.69 Å². The first-order chi connectivity index (χ1) is 9.83. The van der Waals surface area contributed by atoms with Crippen LogP contribution >= 0.6 is 0 Å². The number of hydrogen-bond donors (Lipinski definition) is 2. The molecule has 2 N–H and O–H groups in total. The fourth-order valence-corrected chi connectivity index (χ4v) is 2.31. The third kappa shape index (κ3) is 2.85. The molecule has 1 aromatic heterocycles. The Morgan fingerprint density at radius 3 is 2.50 bits per heavy atom. The average Bonchev–Trinajstić information content (AvgIpc) is 3.03. The van der Waals surface area contributed by atoms with Crippen LogP contribution in [0, 0.1) is 0 Å². The number of rotatable bonds is 3. The van der Waals surface area contributed by atoms with E-state index in [-0.39, 0.29) is 5.92 Å². The number of furan rings is 1. The van der Waals surface area contributed by atoms with Gasteiger partial charge in [-0.1, -0.05) is 19.1 Å². The summed E-state index contributed by atoms with van der Waals surface area (Å²) in [5, 5.41) is 6.50. The average molecular weight is 269 g/mol. The first-order valence-corrected chi connectivity index (χ1v) is 7.03. The Morgan fingerprint density at radius 1 is 1.10 bits per heavy atom. The lowest BCUT2D eigenvalue weighted by molar-refractivity contribution is 0.496. The largest absolute Gasteiger partial charge is 0.469 e. The standard InChI is InChI=1S/C16H19N3O/c1-12(15-4-2-11-20-15)13-5-7-14(8-6-13)19-16-17-9-3-10-18-16/h2,4-8,11-12H,3,9-10H2,1H3,(H2,17,18,19). The molecule has 0 radical (unpaired) electrons. The van der Waals surface area contributed by atoms with Crippen LogP contribution in [0.15, 0.2) is 52.1 Å². The van der Waals surface area contributed by atoms with Crippen LogP contribution < -0.4 is 10.6 Å². The van der Waals surface area contributed by atoms with Gasteiger partial charge in [0.15, 0.2) is 5.96 Å². The molecule has 20 heavy (non-hydrogen) atoms. The first-order valence-electron chi connectivity index (χ1n) is 7.03. The van der Waals surface area contributed by atoms with Crippen molar-refractivity contribution in [2.45, 2.75) is 19.3 Å². The SMILES string of the molecule is CC(c1ccc(N=C2NCCCN2)cc1)c1ccco1. The van der Waals surface area contributed by atoms with Gasteiger partial charge in [0, 0.05) is 19.0 Å². The summed E-state index contributed by atoms with van der Waals surface area (Å²) in [6.45, 7) is 4.11. The molecule has 0 saturated carbocycles. The molecule has 0 bridgehead atoms. The van der Waals surface area contributed by atoms with Gasteiger partial charge < -0.3 is 15.1 Å². The van der Waals surface area contributed by atoms with Crippen LogP contribution in [0.5, 0.6) is 0 Å². The smallest absolute Gasteiger partial charge is 0.196 e. The van der Waals surface area contributed by atoms with Crippen LogP contribution in [0.25, 0.3) is 0 Å². The van der Waals surface area contributed by atoms with Crippen LogP contribution in [-0.4, -0.2) is 19.0 Å². The molecule has 3 rings (SSSR count). The van der Waals surface area contributed by atoms with E-state index >= 15 is 0 Å². The zero-order chi connectivity index (χ0) is 13.8. The maximum absolute atomic E-state index is 5.45. The minimum atomic E-state index is 0.262. The van der Waals surface area contributed by atoms with Crippen molar-refractivity contribution in [3.05, 3.63) is 54.0 Å². The number of benzene rings is 1. The van der Waals surface area contributed by atoms with Crippen molar-refractivity contribution in [1.29, 1.82) is 0 Å². The van der Waals surface area contributed by atoms with Gasteiger partial charge in [-0.3, -0.25) is 0 Å². The fraction of sp³-hybridized carbons (Fsp3) is 0.312. The van der Waals surface area contributed by atoms with Crippen molar-refractivity contribution >= 4 is 11.6 Å². The zero-order valence-corrected chi connectivity index (χ0v) is 11.6. The Kier molecular flexibility index (Phi) is 3.72. The second-order valence-corrected chi connectivity index (χ2v) is 5.00. The lowest BCUT2D eigenvalue weighted by Crippen LogP contribution is -2.43. The number of hydrogen-bond acceptors (Lipinski definition) is 2. The summed E-state index contributed by atoms with van der Waals surface area (Å²) in [6, 6.07) is 12.2. The van der Waals surface area contributed by atoms with Gasteiger partial charge in [0.05, 0.1) is 12.0 Å². The topological polar surface area (TPSA) is 49.6 Å². The van der Waals surface area contributed by atoms with Gasteiger partial charge in [-0.05, 0) is 36.2 Å². The highest BCUT2D eigenvalue weighted by Gasteiger charge is 2.11. The predicted molar refractivity (Wildman–Crippen MR) is 80.4 cm³/mol.